The van der Waals surface area contributed by atoms with Crippen LogP contribution in [0.15, 0.2) is 42.5 Å². The number of fused-ring (bicyclic) bond motifs is 1. The topological polar surface area (TPSA) is 130 Å². The first-order valence-electron chi connectivity index (χ1n) is 12.2. The van der Waals surface area contributed by atoms with Crippen molar-refractivity contribution in [2.75, 3.05) is 18.4 Å². The van der Waals surface area contributed by atoms with Gasteiger partial charge in [0.25, 0.3) is 0 Å². The Kier molecular flexibility index (Phi) is 8.18. The van der Waals surface area contributed by atoms with Gasteiger partial charge in [0.2, 0.25) is 5.91 Å². The first-order valence-corrected chi connectivity index (χ1v) is 12.2. The Morgan fingerprint density at radius 3 is 2.71 bits per heavy atom. The highest BCUT2D eigenvalue weighted by atomic mass is 16.5. The van der Waals surface area contributed by atoms with Crippen molar-refractivity contribution in [2.24, 2.45) is 11.8 Å². The van der Waals surface area contributed by atoms with Crippen molar-refractivity contribution in [2.45, 2.75) is 51.2 Å². The van der Waals surface area contributed by atoms with Crippen LogP contribution in [0, 0.1) is 11.8 Å². The van der Waals surface area contributed by atoms with E-state index in [1.807, 2.05) is 18.2 Å². The van der Waals surface area contributed by atoms with E-state index in [-0.39, 0.29) is 25.0 Å². The predicted molar refractivity (Wildman–Crippen MR) is 130 cm³/mol. The van der Waals surface area contributed by atoms with E-state index in [4.69, 9.17) is 9.72 Å². The minimum Gasteiger partial charge on any atom is -0.480 e. The molecule has 9 nitrogen and oxygen atoms in total. The highest BCUT2D eigenvalue weighted by molar-refractivity contribution is 5.83. The minimum absolute atomic E-state index is 0.0341. The Bertz CT molecular complexity index is 1040. The van der Waals surface area contributed by atoms with Crippen molar-refractivity contribution < 1.29 is 24.2 Å². The molecule has 1 aliphatic heterocycles. The summed E-state index contributed by atoms with van der Waals surface area (Å²) < 4.78 is 5.07. The van der Waals surface area contributed by atoms with Crippen LogP contribution in [0.2, 0.25) is 0 Å². The van der Waals surface area contributed by atoms with Gasteiger partial charge in [0.05, 0.1) is 0 Å². The lowest BCUT2D eigenvalue weighted by Crippen LogP contribution is -2.50. The number of hydrogen-bond acceptors (Lipinski definition) is 6. The highest BCUT2D eigenvalue weighted by Gasteiger charge is 2.34. The van der Waals surface area contributed by atoms with Gasteiger partial charge in [-0.2, -0.15) is 0 Å². The molecule has 1 fully saturated rings. The standard InChI is InChI=1S/C26H32N4O5/c31-24(28-15-22(25(32)33)30-26(34)35-16-17-5-2-1-3-6-17)20-13-18(14-20)8-10-21-11-9-19-7-4-12-27-23(19)29-21/h1-3,5-6,9,11,18,20,22H,4,7-8,10,12-16H2,(H,27,29)(H,28,31)(H,30,34)(H,32,33)/t18-,20+,22-/m0/s1. The number of aryl methyl sites for hydroxylation is 2. The van der Waals surface area contributed by atoms with E-state index in [0.29, 0.717) is 5.92 Å². The van der Waals surface area contributed by atoms with Gasteiger partial charge >= 0.3 is 12.1 Å². The van der Waals surface area contributed by atoms with Crippen LogP contribution in [0.1, 0.15) is 42.5 Å². The number of aromatic nitrogens is 1. The molecule has 0 spiro atoms. The third kappa shape index (κ3) is 6.94. The van der Waals surface area contributed by atoms with Gasteiger partial charge in [-0.15, -0.1) is 0 Å². The molecule has 0 radical (unpaired) electrons. The van der Waals surface area contributed by atoms with Gasteiger partial charge < -0.3 is 25.8 Å². The van der Waals surface area contributed by atoms with E-state index in [9.17, 15) is 19.5 Å². The number of nitrogens with one attached hydrogen (secondary N) is 3. The molecule has 1 aromatic heterocycles. The van der Waals surface area contributed by atoms with E-state index < -0.39 is 18.1 Å². The van der Waals surface area contributed by atoms with Crippen LogP contribution in [-0.2, 0) is 33.8 Å². The van der Waals surface area contributed by atoms with Crippen molar-refractivity contribution in [3.05, 3.63) is 59.3 Å². The van der Waals surface area contributed by atoms with Crippen LogP contribution in [0.3, 0.4) is 0 Å². The smallest absolute Gasteiger partial charge is 0.408 e. The minimum atomic E-state index is -1.26. The first kappa shape index (κ1) is 24.5. The molecule has 1 aromatic carbocycles. The first-order chi connectivity index (χ1) is 17.0. The number of aliphatic carboxylic acids is 1. The quantitative estimate of drug-likeness (QED) is 0.411. The molecule has 1 aliphatic carbocycles. The molecule has 9 heteroatoms. The molecule has 4 N–H and O–H groups in total. The summed E-state index contributed by atoms with van der Waals surface area (Å²) in [5.74, 6) is -0.0794. The van der Waals surface area contributed by atoms with Crippen LogP contribution >= 0.6 is 0 Å². The molecule has 1 atom stereocenters. The number of ether oxygens (including phenoxy) is 1. The fourth-order valence-electron chi connectivity index (χ4n) is 4.50. The zero-order valence-corrected chi connectivity index (χ0v) is 19.7. The van der Waals surface area contributed by atoms with Crippen LogP contribution in [0.4, 0.5) is 10.6 Å². The Hall–Kier alpha value is -3.62. The van der Waals surface area contributed by atoms with Crippen LogP contribution in [0.5, 0.6) is 0 Å². The van der Waals surface area contributed by atoms with Crippen molar-refractivity contribution in [3.8, 4) is 0 Å². The summed E-state index contributed by atoms with van der Waals surface area (Å²) in [5.41, 5.74) is 3.14. The monoisotopic (exact) mass is 480 g/mol. The zero-order chi connectivity index (χ0) is 24.6. The molecule has 0 saturated heterocycles. The third-order valence-electron chi connectivity index (χ3n) is 6.65. The number of alkyl carbamates (subject to hydrolysis) is 1. The highest BCUT2D eigenvalue weighted by Crippen LogP contribution is 2.37. The second-order valence-electron chi connectivity index (χ2n) is 9.26. The van der Waals surface area contributed by atoms with Gasteiger partial charge in [-0.1, -0.05) is 36.4 Å². The summed E-state index contributed by atoms with van der Waals surface area (Å²) in [7, 11) is 0. The van der Waals surface area contributed by atoms with E-state index >= 15 is 0 Å². The zero-order valence-electron chi connectivity index (χ0n) is 19.7. The van der Waals surface area contributed by atoms with E-state index in [1.165, 1.54) is 5.56 Å². The Morgan fingerprint density at radius 1 is 1.14 bits per heavy atom. The Morgan fingerprint density at radius 2 is 1.94 bits per heavy atom. The third-order valence-corrected chi connectivity index (χ3v) is 6.65. The fraction of sp³-hybridized carbons (Fsp3) is 0.462. The Balaban J connectivity index is 1.14. The molecule has 35 heavy (non-hydrogen) atoms. The molecule has 2 aromatic rings. The molecule has 1 saturated carbocycles. The van der Waals surface area contributed by atoms with Gasteiger partial charge in [-0.05, 0) is 61.6 Å². The number of carboxylic acid groups (broad SMARTS) is 1. The van der Waals surface area contributed by atoms with E-state index in [1.54, 1.807) is 12.1 Å². The van der Waals surface area contributed by atoms with Gasteiger partial charge in [0.1, 0.15) is 18.5 Å². The van der Waals surface area contributed by atoms with E-state index in [2.05, 4.69) is 28.1 Å². The molecular formula is C26H32N4O5. The lowest BCUT2D eigenvalue weighted by Gasteiger charge is -2.34. The second-order valence-corrected chi connectivity index (χ2v) is 9.26. The number of benzene rings is 1. The average molecular weight is 481 g/mol. The van der Waals surface area contributed by atoms with Gasteiger partial charge in [0.15, 0.2) is 0 Å². The summed E-state index contributed by atoms with van der Waals surface area (Å²) >= 11 is 0. The summed E-state index contributed by atoms with van der Waals surface area (Å²) in [6.45, 7) is 0.810. The number of rotatable bonds is 10. The van der Waals surface area contributed by atoms with Crippen LogP contribution in [0.25, 0.3) is 0 Å². The Labute approximate surface area is 204 Å². The van der Waals surface area contributed by atoms with Crippen LogP contribution < -0.4 is 16.0 Å². The lowest BCUT2D eigenvalue weighted by molar-refractivity contribution is -0.139. The summed E-state index contributed by atoms with van der Waals surface area (Å²) in [5, 5.41) is 17.7. The normalized spacial score (nSPS) is 19.3. The van der Waals surface area contributed by atoms with Crippen molar-refractivity contribution in [1.29, 1.82) is 0 Å². The number of amides is 2. The average Bonchev–Trinajstić information content (AvgIpc) is 2.84. The maximum atomic E-state index is 12.5. The molecule has 2 aliphatic rings. The number of nitrogens with zero attached hydrogens (tertiary/aromatic N) is 1. The van der Waals surface area contributed by atoms with Gasteiger partial charge in [0, 0.05) is 24.7 Å². The number of carboxylic acids is 1. The molecule has 2 amide bonds. The number of anilines is 1. The van der Waals surface area contributed by atoms with Crippen LogP contribution in [-0.4, -0.2) is 47.2 Å². The van der Waals surface area contributed by atoms with Gasteiger partial charge in [-0.25, -0.2) is 14.6 Å². The number of pyridine rings is 1. The summed E-state index contributed by atoms with van der Waals surface area (Å²) in [6, 6.07) is 12.1. The number of carbonyl (C=O) groups is 3. The van der Waals surface area contributed by atoms with E-state index in [0.717, 1.165) is 62.1 Å². The lowest BCUT2D eigenvalue weighted by atomic mass is 9.72. The molecule has 4 rings (SSSR count). The fourth-order valence-corrected chi connectivity index (χ4v) is 4.50. The molecule has 0 bridgehead atoms. The predicted octanol–water partition coefficient (Wildman–Crippen LogP) is 2.89. The van der Waals surface area contributed by atoms with Crippen molar-refractivity contribution in [1.82, 2.24) is 15.6 Å². The second kappa shape index (κ2) is 11.7. The number of carbonyl (C=O) groups excluding carboxylic acids is 2. The largest absolute Gasteiger partial charge is 0.480 e. The van der Waals surface area contributed by atoms with Crippen molar-refractivity contribution in [3.63, 3.8) is 0 Å². The molecular weight excluding hydrogens is 448 g/mol. The SMILES string of the molecule is O=C(N[C@@H](CNC(=O)[C@H]1C[C@@H](CCc2ccc3c(n2)NCCC3)C1)C(=O)O)OCc1ccccc1. The molecule has 0 unspecified atom stereocenters. The van der Waals surface area contributed by atoms with Crippen molar-refractivity contribution >= 4 is 23.8 Å². The maximum Gasteiger partial charge on any atom is 0.408 e. The number of hydrogen-bond donors (Lipinski definition) is 4. The maximum absolute atomic E-state index is 12.5. The van der Waals surface area contributed by atoms with Gasteiger partial charge in [-0.3, -0.25) is 4.79 Å². The molecule has 186 valence electrons. The summed E-state index contributed by atoms with van der Waals surface area (Å²) in [6.07, 6.45) is 4.78. The summed E-state index contributed by atoms with van der Waals surface area (Å²) in [4.78, 5) is 40.7. The molecule has 2 heterocycles.